The minimum atomic E-state index is -3.34. The van der Waals surface area contributed by atoms with E-state index >= 15 is 0 Å². The summed E-state index contributed by atoms with van der Waals surface area (Å²) in [5, 5.41) is 2.59. The number of hydrogen-bond donors (Lipinski definition) is 4. The standard InChI is InChI=1S/C14H26ClN7O3S.C7H6.BrH/c1-5-6-9(21-26(4,24)25)22(2,3)8-7-18-14(23)10-12(16)20-13(17)11(15)19-10;1-2-7-4-3-6(1)5-7;/h9,21H,5-8H2,1-4H3,(H4-,16,17,18,20,23);1-4H,5H2;1H. The van der Waals surface area contributed by atoms with Crippen LogP contribution in [0.1, 0.15) is 36.7 Å². The van der Waals surface area contributed by atoms with Crippen LogP contribution in [0.2, 0.25) is 5.15 Å². The van der Waals surface area contributed by atoms with E-state index in [1.165, 1.54) is 17.6 Å². The zero-order valence-corrected chi connectivity index (χ0v) is 23.0. The number of allylic oxidation sites excluding steroid dienone is 6. The number of hydrogen-bond acceptors (Lipinski definition) is 7. The van der Waals surface area contributed by atoms with Gasteiger partial charge in [-0.15, -0.1) is 0 Å². The number of nitrogens with zero attached hydrogens (tertiary/aromatic N) is 3. The first-order valence-electron chi connectivity index (χ1n) is 10.6. The number of carbonyl (C=O) groups excluding carboxylic acids is 1. The van der Waals surface area contributed by atoms with Gasteiger partial charge in [0.2, 0.25) is 10.0 Å². The van der Waals surface area contributed by atoms with Crippen LogP contribution in [0, 0.1) is 0 Å². The summed E-state index contributed by atoms with van der Waals surface area (Å²) in [5.41, 5.74) is 14.0. The molecule has 1 heterocycles. The Morgan fingerprint density at radius 1 is 1.18 bits per heavy atom. The van der Waals surface area contributed by atoms with Crippen LogP contribution in [-0.4, -0.2) is 68.4 Å². The van der Waals surface area contributed by atoms with Gasteiger partial charge in [0.25, 0.3) is 5.91 Å². The van der Waals surface area contributed by atoms with Crippen LogP contribution < -0.4 is 38.5 Å². The van der Waals surface area contributed by atoms with E-state index in [-0.39, 0.29) is 52.2 Å². The molecule has 1 atom stereocenters. The summed E-state index contributed by atoms with van der Waals surface area (Å²) in [4.78, 5) is 19.8. The summed E-state index contributed by atoms with van der Waals surface area (Å²) in [6, 6.07) is 0. The van der Waals surface area contributed by atoms with Crippen molar-refractivity contribution in [1.29, 1.82) is 0 Å². The van der Waals surface area contributed by atoms with Crippen LogP contribution in [0.5, 0.6) is 0 Å². The second-order valence-electron chi connectivity index (χ2n) is 8.58. The van der Waals surface area contributed by atoms with Crippen molar-refractivity contribution in [1.82, 2.24) is 20.0 Å². The number of carbonyl (C=O) groups is 1. The maximum Gasteiger partial charge on any atom is 0.273 e. The molecule has 10 nitrogen and oxygen atoms in total. The van der Waals surface area contributed by atoms with E-state index in [9.17, 15) is 13.2 Å². The van der Waals surface area contributed by atoms with Crippen molar-refractivity contribution in [2.45, 2.75) is 32.4 Å². The van der Waals surface area contributed by atoms with E-state index in [0.717, 1.165) is 12.7 Å². The molecule has 2 aliphatic carbocycles. The predicted octanol–water partition coefficient (Wildman–Crippen LogP) is -1.41. The summed E-state index contributed by atoms with van der Waals surface area (Å²) in [6.45, 7) is 2.74. The zero-order chi connectivity index (χ0) is 24.8. The monoisotopic (exact) mass is 577 g/mol. The maximum absolute atomic E-state index is 12.2. The lowest BCUT2D eigenvalue weighted by Crippen LogP contribution is -3.00. The highest BCUT2D eigenvalue weighted by molar-refractivity contribution is 7.88. The molecule has 0 fully saturated rings. The van der Waals surface area contributed by atoms with Gasteiger partial charge < -0.3 is 38.2 Å². The molecule has 0 aliphatic heterocycles. The lowest BCUT2D eigenvalue weighted by Gasteiger charge is -2.38. The Bertz CT molecular complexity index is 1070. The Kier molecular flexibility index (Phi) is 11.2. The smallest absolute Gasteiger partial charge is 0.273 e. The number of aromatic nitrogens is 2. The van der Waals surface area contributed by atoms with Crippen LogP contribution in [0.4, 0.5) is 11.6 Å². The lowest BCUT2D eigenvalue weighted by molar-refractivity contribution is -0.916. The summed E-state index contributed by atoms with van der Waals surface area (Å²) >= 11 is 5.77. The molecule has 0 saturated carbocycles. The Morgan fingerprint density at radius 3 is 2.21 bits per heavy atom. The highest BCUT2D eigenvalue weighted by Gasteiger charge is 2.30. The molecular weight excluding hydrogens is 546 g/mol. The van der Waals surface area contributed by atoms with E-state index in [2.05, 4.69) is 44.3 Å². The quantitative estimate of drug-likeness (QED) is 0.207. The van der Waals surface area contributed by atoms with Gasteiger partial charge in [-0.05, 0) is 24.0 Å². The Hall–Kier alpha value is -1.99. The maximum atomic E-state index is 12.2. The van der Waals surface area contributed by atoms with Crippen molar-refractivity contribution < 1.29 is 34.7 Å². The normalized spacial score (nSPS) is 15.0. The van der Waals surface area contributed by atoms with E-state index < -0.39 is 15.9 Å². The van der Waals surface area contributed by atoms with Gasteiger partial charge in [-0.1, -0.05) is 42.8 Å². The van der Waals surface area contributed by atoms with E-state index in [1.807, 2.05) is 21.0 Å². The Morgan fingerprint density at radius 2 is 1.76 bits per heavy atom. The first kappa shape index (κ1) is 30.0. The number of sulfonamides is 1. The van der Waals surface area contributed by atoms with Crippen molar-refractivity contribution in [2.24, 2.45) is 0 Å². The molecule has 34 heavy (non-hydrogen) atoms. The van der Waals surface area contributed by atoms with Crippen LogP contribution in [0.3, 0.4) is 0 Å². The molecule has 0 aromatic carbocycles. The number of likely N-dealkylation sites (N-methyl/N-ethyl adjacent to an activating group) is 1. The minimum absolute atomic E-state index is 0. The van der Waals surface area contributed by atoms with Gasteiger partial charge in [-0.25, -0.2) is 18.4 Å². The minimum Gasteiger partial charge on any atom is -1.00 e. The molecule has 1 aromatic heterocycles. The second-order valence-corrected chi connectivity index (χ2v) is 10.7. The summed E-state index contributed by atoms with van der Waals surface area (Å²) < 4.78 is 26.2. The van der Waals surface area contributed by atoms with E-state index in [0.29, 0.717) is 17.4 Å². The molecule has 0 saturated heterocycles. The molecule has 2 aliphatic rings. The van der Waals surface area contributed by atoms with Crippen LogP contribution in [0.25, 0.3) is 0 Å². The third-order valence-electron chi connectivity index (χ3n) is 5.28. The number of nitrogen functional groups attached to an aromatic ring is 2. The SMILES string of the molecule is C1=CC2=CC=C1C2.CCCC(NS(C)(=O)=O)[N+](C)(C)CCNC(=O)c1nc(Cl)c(N)nc1N.[Br-]. The summed E-state index contributed by atoms with van der Waals surface area (Å²) in [7, 11) is 0.434. The fraction of sp³-hybridized carbons (Fsp3) is 0.476. The Balaban J connectivity index is 0.000000603. The fourth-order valence-electron chi connectivity index (χ4n) is 3.39. The van der Waals surface area contributed by atoms with Gasteiger partial charge in [-0.2, -0.15) is 4.72 Å². The molecule has 13 heteroatoms. The van der Waals surface area contributed by atoms with Crippen LogP contribution in [0.15, 0.2) is 35.5 Å². The molecule has 1 unspecified atom stereocenters. The largest absolute Gasteiger partial charge is 1.00 e. The van der Waals surface area contributed by atoms with Crippen LogP contribution in [-0.2, 0) is 10.0 Å². The third-order valence-corrected chi connectivity index (χ3v) is 6.26. The van der Waals surface area contributed by atoms with Gasteiger partial charge in [0.15, 0.2) is 28.6 Å². The van der Waals surface area contributed by atoms with Gasteiger partial charge in [0.05, 0.1) is 33.4 Å². The van der Waals surface area contributed by atoms with Crippen molar-refractivity contribution in [2.75, 3.05) is 44.9 Å². The molecule has 1 amide bonds. The van der Waals surface area contributed by atoms with Crippen LogP contribution >= 0.6 is 11.6 Å². The highest BCUT2D eigenvalue weighted by atomic mass is 79.9. The molecule has 0 radical (unpaired) electrons. The van der Waals surface area contributed by atoms with E-state index in [1.54, 1.807) is 0 Å². The van der Waals surface area contributed by atoms with E-state index in [4.69, 9.17) is 23.1 Å². The van der Waals surface area contributed by atoms with Gasteiger partial charge in [0, 0.05) is 6.42 Å². The molecule has 2 bridgehead atoms. The molecule has 6 N–H and O–H groups in total. The molecule has 3 rings (SSSR count). The first-order valence-corrected chi connectivity index (χ1v) is 12.8. The number of nitrogens with one attached hydrogen (secondary N) is 2. The number of halogens is 2. The molecule has 0 spiro atoms. The fourth-order valence-corrected chi connectivity index (χ4v) is 4.41. The number of quaternary nitrogens is 1. The Labute approximate surface area is 216 Å². The van der Waals surface area contributed by atoms with Crippen molar-refractivity contribution in [3.8, 4) is 0 Å². The van der Waals surface area contributed by atoms with Gasteiger partial charge in [0.1, 0.15) is 0 Å². The summed E-state index contributed by atoms with van der Waals surface area (Å²) in [5.74, 6) is -0.687. The predicted molar refractivity (Wildman–Crippen MR) is 132 cm³/mol. The zero-order valence-electron chi connectivity index (χ0n) is 19.8. The molecular formula is C21H33BrClN7O3S. The molecule has 190 valence electrons. The number of anilines is 2. The summed E-state index contributed by atoms with van der Waals surface area (Å²) in [6.07, 6.45) is 12.2. The molecule has 1 aromatic rings. The highest BCUT2D eigenvalue weighted by Crippen LogP contribution is 2.27. The first-order chi connectivity index (χ1) is 15.3. The average molecular weight is 579 g/mol. The van der Waals surface area contributed by atoms with Gasteiger partial charge >= 0.3 is 0 Å². The second kappa shape index (κ2) is 12.6. The van der Waals surface area contributed by atoms with Crippen molar-refractivity contribution >= 4 is 39.2 Å². The topological polar surface area (TPSA) is 153 Å². The number of fused-ring (bicyclic) bond motifs is 2. The van der Waals surface area contributed by atoms with Crippen molar-refractivity contribution in [3.05, 3.63) is 46.3 Å². The lowest BCUT2D eigenvalue weighted by atomic mass is 10.2. The third kappa shape index (κ3) is 8.99. The number of amides is 1. The van der Waals surface area contributed by atoms with Gasteiger partial charge in [-0.3, -0.25) is 4.79 Å². The number of rotatable bonds is 9. The average Bonchev–Trinajstić information content (AvgIpc) is 3.36. The number of nitrogens with two attached hydrogens (primary N) is 2. The van der Waals surface area contributed by atoms with Crippen molar-refractivity contribution in [3.63, 3.8) is 0 Å².